The van der Waals surface area contributed by atoms with Crippen LogP contribution in [0.2, 0.25) is 0 Å². The SMILES string of the molecule is Cc1cc(-c2nnc(NC(=O)[C@@H]3COc4ccccc4O3)o2)c(C)o1. The summed E-state index contributed by atoms with van der Waals surface area (Å²) in [5.41, 5.74) is 0.691. The second-order valence-corrected chi connectivity index (χ2v) is 5.59. The summed E-state index contributed by atoms with van der Waals surface area (Å²) in [7, 11) is 0. The van der Waals surface area contributed by atoms with Crippen LogP contribution in [0.4, 0.5) is 6.01 Å². The first-order valence-corrected chi connectivity index (χ1v) is 7.70. The van der Waals surface area contributed by atoms with Crippen LogP contribution in [0.15, 0.2) is 39.2 Å². The van der Waals surface area contributed by atoms with E-state index < -0.39 is 12.0 Å². The fraction of sp³-hybridized carbons (Fsp3) is 0.235. The average Bonchev–Trinajstić information content (AvgIpc) is 3.20. The molecule has 0 saturated heterocycles. The van der Waals surface area contributed by atoms with Crippen LogP contribution < -0.4 is 14.8 Å². The Morgan fingerprint density at radius 1 is 1.16 bits per heavy atom. The van der Waals surface area contributed by atoms with Gasteiger partial charge in [-0.2, -0.15) is 0 Å². The highest BCUT2D eigenvalue weighted by molar-refractivity contribution is 5.93. The molecule has 128 valence electrons. The van der Waals surface area contributed by atoms with Gasteiger partial charge in [0, 0.05) is 0 Å². The number of aromatic nitrogens is 2. The molecule has 8 heteroatoms. The van der Waals surface area contributed by atoms with Crippen LogP contribution in [0.1, 0.15) is 11.5 Å². The second kappa shape index (κ2) is 5.97. The largest absolute Gasteiger partial charge is 0.485 e. The third-order valence-electron chi connectivity index (χ3n) is 3.73. The lowest BCUT2D eigenvalue weighted by molar-refractivity contribution is -0.125. The van der Waals surface area contributed by atoms with E-state index in [0.717, 1.165) is 5.76 Å². The first-order valence-electron chi connectivity index (χ1n) is 7.70. The van der Waals surface area contributed by atoms with Gasteiger partial charge in [0.15, 0.2) is 11.5 Å². The zero-order valence-corrected chi connectivity index (χ0v) is 13.6. The van der Waals surface area contributed by atoms with Gasteiger partial charge in [0.1, 0.15) is 18.1 Å². The zero-order chi connectivity index (χ0) is 17.4. The number of ether oxygens (including phenoxy) is 2. The summed E-state index contributed by atoms with van der Waals surface area (Å²) in [5.74, 6) is 2.38. The smallest absolute Gasteiger partial charge is 0.322 e. The predicted molar refractivity (Wildman–Crippen MR) is 86.5 cm³/mol. The molecule has 0 saturated carbocycles. The van der Waals surface area contributed by atoms with Gasteiger partial charge in [-0.3, -0.25) is 10.1 Å². The normalized spacial score (nSPS) is 15.8. The number of carbonyl (C=O) groups is 1. The number of aryl methyl sites for hydroxylation is 2. The molecule has 0 radical (unpaired) electrons. The maximum absolute atomic E-state index is 12.3. The molecule has 0 bridgehead atoms. The highest BCUT2D eigenvalue weighted by atomic mass is 16.6. The molecule has 1 aliphatic heterocycles. The van der Waals surface area contributed by atoms with Crippen molar-refractivity contribution in [2.45, 2.75) is 20.0 Å². The molecule has 0 aliphatic carbocycles. The van der Waals surface area contributed by atoms with Crippen molar-refractivity contribution in [2.75, 3.05) is 11.9 Å². The van der Waals surface area contributed by atoms with Gasteiger partial charge >= 0.3 is 6.01 Å². The number of anilines is 1. The van der Waals surface area contributed by atoms with Crippen LogP contribution in [0.3, 0.4) is 0 Å². The number of fused-ring (bicyclic) bond motifs is 1. The lowest BCUT2D eigenvalue weighted by Crippen LogP contribution is -2.40. The lowest BCUT2D eigenvalue weighted by Gasteiger charge is -2.24. The van der Waals surface area contributed by atoms with E-state index in [1.807, 2.05) is 19.1 Å². The van der Waals surface area contributed by atoms with Gasteiger partial charge < -0.3 is 18.3 Å². The van der Waals surface area contributed by atoms with Crippen molar-refractivity contribution >= 4 is 11.9 Å². The van der Waals surface area contributed by atoms with Crippen molar-refractivity contribution < 1.29 is 23.1 Å². The highest BCUT2D eigenvalue weighted by Crippen LogP contribution is 2.31. The number of hydrogen-bond donors (Lipinski definition) is 1. The molecular weight excluding hydrogens is 326 g/mol. The third kappa shape index (κ3) is 2.93. The van der Waals surface area contributed by atoms with Crippen LogP contribution in [-0.2, 0) is 4.79 Å². The maximum atomic E-state index is 12.3. The standard InChI is InChI=1S/C17H15N3O5/c1-9-7-11(10(2)23-9)16-19-20-17(25-16)18-15(21)14-8-22-12-5-3-4-6-13(12)24-14/h3-7,14H,8H2,1-2H3,(H,18,20,21)/t14-/m0/s1. The molecular formula is C17H15N3O5. The molecule has 0 fully saturated rings. The molecule has 1 amide bonds. The second-order valence-electron chi connectivity index (χ2n) is 5.59. The maximum Gasteiger partial charge on any atom is 0.322 e. The van der Waals surface area contributed by atoms with Gasteiger partial charge in [0.05, 0.1) is 5.56 Å². The predicted octanol–water partition coefficient (Wildman–Crippen LogP) is 2.72. The summed E-state index contributed by atoms with van der Waals surface area (Å²) < 4.78 is 22.1. The van der Waals surface area contributed by atoms with E-state index in [2.05, 4.69) is 15.5 Å². The van der Waals surface area contributed by atoms with Gasteiger partial charge in [0.2, 0.25) is 6.10 Å². The molecule has 2 aromatic heterocycles. The number of carbonyl (C=O) groups excluding carboxylic acids is 1. The van der Waals surface area contributed by atoms with Crippen LogP contribution in [0.5, 0.6) is 11.5 Å². The Labute approximate surface area is 142 Å². The first kappa shape index (κ1) is 15.3. The van der Waals surface area contributed by atoms with E-state index in [0.29, 0.717) is 22.8 Å². The Morgan fingerprint density at radius 3 is 2.72 bits per heavy atom. The summed E-state index contributed by atoms with van der Waals surface area (Å²) in [4.78, 5) is 12.3. The Morgan fingerprint density at radius 2 is 1.96 bits per heavy atom. The van der Waals surface area contributed by atoms with E-state index in [4.69, 9.17) is 18.3 Å². The minimum atomic E-state index is -0.803. The number of benzene rings is 1. The average molecular weight is 341 g/mol. The first-order chi connectivity index (χ1) is 12.1. The van der Waals surface area contributed by atoms with E-state index >= 15 is 0 Å². The summed E-state index contributed by atoms with van der Waals surface area (Å²) in [6, 6.07) is 8.95. The van der Waals surface area contributed by atoms with Crippen molar-refractivity contribution in [3.05, 3.63) is 41.9 Å². The van der Waals surface area contributed by atoms with Gasteiger partial charge in [-0.05, 0) is 32.0 Å². The van der Waals surface area contributed by atoms with E-state index in [1.165, 1.54) is 0 Å². The lowest BCUT2D eigenvalue weighted by atomic mass is 10.2. The summed E-state index contributed by atoms with van der Waals surface area (Å²) >= 11 is 0. The van der Waals surface area contributed by atoms with E-state index in [9.17, 15) is 4.79 Å². The van der Waals surface area contributed by atoms with Crippen LogP contribution >= 0.6 is 0 Å². The Balaban J connectivity index is 1.46. The Bertz CT molecular complexity index is 930. The summed E-state index contributed by atoms with van der Waals surface area (Å²) in [6.45, 7) is 3.73. The molecule has 1 aliphatic rings. The van der Waals surface area contributed by atoms with E-state index in [1.54, 1.807) is 25.1 Å². The minimum Gasteiger partial charge on any atom is -0.485 e. The molecule has 4 rings (SSSR count). The number of nitrogens with one attached hydrogen (secondary N) is 1. The Kier molecular flexibility index (Phi) is 3.64. The van der Waals surface area contributed by atoms with Crippen LogP contribution in [0.25, 0.3) is 11.5 Å². The number of para-hydroxylation sites is 2. The van der Waals surface area contributed by atoms with Crippen LogP contribution in [-0.4, -0.2) is 28.8 Å². The third-order valence-corrected chi connectivity index (χ3v) is 3.73. The highest BCUT2D eigenvalue weighted by Gasteiger charge is 2.28. The fourth-order valence-corrected chi connectivity index (χ4v) is 2.56. The number of nitrogens with zero attached hydrogens (tertiary/aromatic N) is 2. The zero-order valence-electron chi connectivity index (χ0n) is 13.6. The number of amides is 1. The van der Waals surface area contributed by atoms with Crippen molar-refractivity contribution in [3.8, 4) is 23.0 Å². The van der Waals surface area contributed by atoms with Gasteiger partial charge in [0.25, 0.3) is 11.8 Å². The monoisotopic (exact) mass is 341 g/mol. The van der Waals surface area contributed by atoms with Gasteiger partial charge in [-0.25, -0.2) is 0 Å². The molecule has 25 heavy (non-hydrogen) atoms. The quantitative estimate of drug-likeness (QED) is 0.782. The minimum absolute atomic E-state index is 0.0132. The fourth-order valence-electron chi connectivity index (χ4n) is 2.56. The molecule has 0 unspecified atom stereocenters. The molecule has 1 atom stereocenters. The molecule has 3 aromatic rings. The van der Waals surface area contributed by atoms with Crippen molar-refractivity contribution in [1.82, 2.24) is 10.2 Å². The van der Waals surface area contributed by atoms with Gasteiger partial charge in [-0.15, -0.1) is 5.10 Å². The molecule has 0 spiro atoms. The Hall–Kier alpha value is -3.29. The number of rotatable bonds is 3. The number of hydrogen-bond acceptors (Lipinski definition) is 7. The molecule has 3 heterocycles. The molecule has 1 aromatic carbocycles. The van der Waals surface area contributed by atoms with Crippen molar-refractivity contribution in [2.24, 2.45) is 0 Å². The van der Waals surface area contributed by atoms with Gasteiger partial charge in [-0.1, -0.05) is 17.2 Å². The summed E-state index contributed by atoms with van der Waals surface area (Å²) in [5, 5.41) is 10.3. The van der Waals surface area contributed by atoms with E-state index in [-0.39, 0.29) is 18.5 Å². The summed E-state index contributed by atoms with van der Waals surface area (Å²) in [6.07, 6.45) is -0.803. The van der Waals surface area contributed by atoms with Crippen molar-refractivity contribution in [3.63, 3.8) is 0 Å². The number of furan rings is 1. The van der Waals surface area contributed by atoms with Crippen molar-refractivity contribution in [1.29, 1.82) is 0 Å². The topological polar surface area (TPSA) is 99.6 Å². The molecule has 1 N–H and O–H groups in total. The van der Waals surface area contributed by atoms with Crippen LogP contribution in [0, 0.1) is 13.8 Å². The molecule has 8 nitrogen and oxygen atoms in total.